The third-order valence-corrected chi connectivity index (χ3v) is 5.51. The molecule has 8 nitrogen and oxygen atoms in total. The van der Waals surface area contributed by atoms with E-state index in [1.807, 2.05) is 0 Å². The van der Waals surface area contributed by atoms with Gasteiger partial charge in [-0.25, -0.2) is 8.42 Å². The number of piperazine rings is 1. The van der Waals surface area contributed by atoms with Gasteiger partial charge in [-0.3, -0.25) is 9.69 Å². The third-order valence-electron chi connectivity index (χ3n) is 4.58. The maximum absolute atomic E-state index is 12.6. The summed E-state index contributed by atoms with van der Waals surface area (Å²) in [6, 6.07) is 3.56. The maximum atomic E-state index is 12.6. The molecule has 1 aromatic carbocycles. The van der Waals surface area contributed by atoms with E-state index in [-0.39, 0.29) is 18.1 Å². The van der Waals surface area contributed by atoms with Crippen molar-refractivity contribution in [2.24, 2.45) is 0 Å². The zero-order chi connectivity index (χ0) is 20.0. The molecular formula is C18H28N2O6S. The number of carbonyl (C=O) groups is 1. The van der Waals surface area contributed by atoms with Crippen molar-refractivity contribution in [3.63, 3.8) is 0 Å². The fourth-order valence-electron chi connectivity index (χ4n) is 3.04. The fraction of sp³-hybridized carbons (Fsp3) is 0.611. The number of nitrogens with zero attached hydrogens (tertiary/aromatic N) is 2. The van der Waals surface area contributed by atoms with Crippen LogP contribution in [0.4, 0.5) is 0 Å². The summed E-state index contributed by atoms with van der Waals surface area (Å²) in [4.78, 5) is 16.5. The monoisotopic (exact) mass is 400 g/mol. The molecule has 1 fully saturated rings. The molecule has 152 valence electrons. The van der Waals surface area contributed by atoms with Crippen LogP contribution in [-0.4, -0.2) is 90.2 Å². The number of sulfone groups is 1. The first-order valence-electron chi connectivity index (χ1n) is 8.74. The number of methoxy groups -OCH3 is 3. The summed E-state index contributed by atoms with van der Waals surface area (Å²) >= 11 is 0. The number of ether oxygens (including phenoxy) is 3. The number of rotatable bonds is 8. The summed E-state index contributed by atoms with van der Waals surface area (Å²) in [5.74, 6) is 1.70. The Morgan fingerprint density at radius 3 is 2.00 bits per heavy atom. The maximum Gasteiger partial charge on any atom is 0.227 e. The Balaban J connectivity index is 1.96. The van der Waals surface area contributed by atoms with Crippen LogP contribution < -0.4 is 14.2 Å². The van der Waals surface area contributed by atoms with E-state index >= 15 is 0 Å². The van der Waals surface area contributed by atoms with Crippen molar-refractivity contribution in [1.82, 2.24) is 9.80 Å². The third kappa shape index (κ3) is 6.00. The second kappa shape index (κ2) is 9.27. The van der Waals surface area contributed by atoms with Crippen LogP contribution in [0.5, 0.6) is 17.2 Å². The molecule has 0 unspecified atom stereocenters. The van der Waals surface area contributed by atoms with Crippen LogP contribution in [0.3, 0.4) is 0 Å². The lowest BCUT2D eigenvalue weighted by Gasteiger charge is -2.34. The molecule has 0 saturated carbocycles. The van der Waals surface area contributed by atoms with Gasteiger partial charge in [-0.2, -0.15) is 0 Å². The minimum Gasteiger partial charge on any atom is -0.493 e. The largest absolute Gasteiger partial charge is 0.493 e. The Morgan fingerprint density at radius 2 is 1.56 bits per heavy atom. The van der Waals surface area contributed by atoms with E-state index in [2.05, 4.69) is 4.90 Å². The van der Waals surface area contributed by atoms with Gasteiger partial charge in [0.25, 0.3) is 0 Å². The molecule has 1 aromatic rings. The van der Waals surface area contributed by atoms with E-state index in [0.717, 1.165) is 5.56 Å². The lowest BCUT2D eigenvalue weighted by molar-refractivity contribution is -0.132. The SMILES string of the molecule is COc1cc(CC(=O)N2CCN(CCS(C)(=O)=O)CC2)cc(OC)c1OC. The molecule has 0 atom stereocenters. The standard InChI is InChI=1S/C18H28N2O6S/c1-24-15-11-14(12-16(25-2)18(15)26-3)13-17(21)20-7-5-19(6-8-20)9-10-27(4,22)23/h11-12H,5-10,13H2,1-4H3. The molecule has 0 spiro atoms. The minimum absolute atomic E-state index is 0.0204. The molecule has 1 amide bonds. The summed E-state index contributed by atoms with van der Waals surface area (Å²) in [6.45, 7) is 3.04. The molecule has 27 heavy (non-hydrogen) atoms. The Kier molecular flexibility index (Phi) is 7.32. The van der Waals surface area contributed by atoms with E-state index in [1.54, 1.807) is 31.3 Å². The van der Waals surface area contributed by atoms with Crippen molar-refractivity contribution in [2.45, 2.75) is 6.42 Å². The second-order valence-corrected chi connectivity index (χ2v) is 8.82. The highest BCUT2D eigenvalue weighted by Gasteiger charge is 2.23. The van der Waals surface area contributed by atoms with Crippen molar-refractivity contribution in [1.29, 1.82) is 0 Å². The number of benzene rings is 1. The molecule has 0 aliphatic carbocycles. The average Bonchev–Trinajstić information content (AvgIpc) is 2.65. The second-order valence-electron chi connectivity index (χ2n) is 6.56. The zero-order valence-corrected chi connectivity index (χ0v) is 17.2. The van der Waals surface area contributed by atoms with Gasteiger partial charge in [0, 0.05) is 39.0 Å². The number of amides is 1. The van der Waals surface area contributed by atoms with Crippen molar-refractivity contribution in [3.05, 3.63) is 17.7 Å². The summed E-state index contributed by atoms with van der Waals surface area (Å²) in [7, 11) is 1.65. The average molecular weight is 400 g/mol. The molecule has 2 rings (SSSR count). The quantitative estimate of drug-likeness (QED) is 0.626. The van der Waals surface area contributed by atoms with Crippen LogP contribution in [0, 0.1) is 0 Å². The van der Waals surface area contributed by atoms with Gasteiger partial charge in [0.2, 0.25) is 11.7 Å². The molecule has 0 bridgehead atoms. The highest BCUT2D eigenvalue weighted by Crippen LogP contribution is 2.38. The number of carbonyl (C=O) groups excluding carboxylic acids is 1. The van der Waals surface area contributed by atoms with Gasteiger partial charge in [0.1, 0.15) is 9.84 Å². The van der Waals surface area contributed by atoms with Crippen LogP contribution in [0.15, 0.2) is 12.1 Å². The van der Waals surface area contributed by atoms with E-state index in [0.29, 0.717) is 50.0 Å². The lowest BCUT2D eigenvalue weighted by Crippen LogP contribution is -2.50. The topological polar surface area (TPSA) is 85.4 Å². The van der Waals surface area contributed by atoms with E-state index in [4.69, 9.17) is 14.2 Å². The van der Waals surface area contributed by atoms with Crippen LogP contribution in [0.1, 0.15) is 5.56 Å². The molecular weight excluding hydrogens is 372 g/mol. The molecule has 1 heterocycles. The van der Waals surface area contributed by atoms with Gasteiger partial charge in [0.05, 0.1) is 33.5 Å². The lowest BCUT2D eigenvalue weighted by atomic mass is 10.1. The predicted molar refractivity (Wildman–Crippen MR) is 103 cm³/mol. The minimum atomic E-state index is -2.97. The van der Waals surface area contributed by atoms with Crippen molar-refractivity contribution >= 4 is 15.7 Å². The summed E-state index contributed by atoms with van der Waals surface area (Å²) in [5.41, 5.74) is 0.786. The van der Waals surface area contributed by atoms with Gasteiger partial charge in [-0.05, 0) is 17.7 Å². The molecule has 1 aliphatic rings. The molecule has 0 radical (unpaired) electrons. The first-order chi connectivity index (χ1) is 12.8. The molecule has 0 N–H and O–H groups in total. The Hall–Kier alpha value is -2.00. The normalized spacial score (nSPS) is 15.5. The fourth-order valence-corrected chi connectivity index (χ4v) is 3.63. The smallest absolute Gasteiger partial charge is 0.227 e. The Bertz CT molecular complexity index is 732. The highest BCUT2D eigenvalue weighted by atomic mass is 32.2. The van der Waals surface area contributed by atoms with E-state index in [1.165, 1.54) is 13.4 Å². The van der Waals surface area contributed by atoms with Crippen LogP contribution >= 0.6 is 0 Å². The van der Waals surface area contributed by atoms with Gasteiger partial charge < -0.3 is 19.1 Å². The Labute approximate surface area is 160 Å². The molecule has 1 aliphatic heterocycles. The van der Waals surface area contributed by atoms with Crippen LogP contribution in [0.2, 0.25) is 0 Å². The van der Waals surface area contributed by atoms with Crippen molar-refractivity contribution in [2.75, 3.05) is 66.1 Å². The van der Waals surface area contributed by atoms with Crippen LogP contribution in [-0.2, 0) is 21.1 Å². The molecule has 9 heteroatoms. The summed E-state index contributed by atoms with van der Waals surface area (Å²) in [6.07, 6.45) is 1.48. The van der Waals surface area contributed by atoms with Gasteiger partial charge in [-0.1, -0.05) is 0 Å². The van der Waals surface area contributed by atoms with Gasteiger partial charge in [0.15, 0.2) is 11.5 Å². The first kappa shape index (κ1) is 21.3. The Morgan fingerprint density at radius 1 is 1.00 bits per heavy atom. The van der Waals surface area contributed by atoms with E-state index < -0.39 is 9.84 Å². The highest BCUT2D eigenvalue weighted by molar-refractivity contribution is 7.90. The van der Waals surface area contributed by atoms with Gasteiger partial charge in [-0.15, -0.1) is 0 Å². The van der Waals surface area contributed by atoms with Crippen LogP contribution in [0.25, 0.3) is 0 Å². The predicted octanol–water partition coefficient (Wildman–Crippen LogP) is 0.444. The van der Waals surface area contributed by atoms with Crippen molar-refractivity contribution < 1.29 is 27.4 Å². The first-order valence-corrected chi connectivity index (χ1v) is 10.8. The van der Waals surface area contributed by atoms with Crippen molar-refractivity contribution in [3.8, 4) is 17.2 Å². The summed E-state index contributed by atoms with van der Waals surface area (Å²) < 4.78 is 38.5. The number of hydrogen-bond donors (Lipinski definition) is 0. The van der Waals surface area contributed by atoms with Gasteiger partial charge >= 0.3 is 0 Å². The molecule has 1 saturated heterocycles. The number of hydrogen-bond acceptors (Lipinski definition) is 7. The zero-order valence-electron chi connectivity index (χ0n) is 16.4. The summed E-state index contributed by atoms with van der Waals surface area (Å²) in [5, 5.41) is 0. The molecule has 0 aromatic heterocycles. The van der Waals surface area contributed by atoms with E-state index in [9.17, 15) is 13.2 Å².